The predicted molar refractivity (Wildman–Crippen MR) is 139 cm³/mol. The molecular weight excluding hydrogens is 522 g/mol. The Morgan fingerprint density at radius 1 is 1.30 bits per heavy atom. The zero-order valence-corrected chi connectivity index (χ0v) is 22.4. The Labute approximate surface area is 209 Å². The van der Waals surface area contributed by atoms with Gasteiger partial charge in [-0.3, -0.25) is 9.69 Å². The Kier molecular flexibility index (Phi) is 6.41. The largest absolute Gasteiger partial charge is 0.444 e. The molecule has 0 radical (unpaired) electrons. The van der Waals surface area contributed by atoms with E-state index >= 15 is 0 Å². The zero-order chi connectivity index (χ0) is 24.1. The Bertz CT molecular complexity index is 1260. The monoisotopic (exact) mass is 547 g/mol. The summed E-state index contributed by atoms with van der Waals surface area (Å²) in [5.74, 6) is -0.275. The molecule has 0 aliphatic carbocycles. The van der Waals surface area contributed by atoms with Gasteiger partial charge in [-0.2, -0.15) is 0 Å². The molecule has 0 fully saturated rings. The van der Waals surface area contributed by atoms with Crippen molar-refractivity contribution in [2.24, 2.45) is 0 Å². The molecule has 33 heavy (non-hydrogen) atoms. The van der Waals surface area contributed by atoms with Gasteiger partial charge in [0.25, 0.3) is 0 Å². The van der Waals surface area contributed by atoms with Crippen molar-refractivity contribution >= 4 is 65.8 Å². The number of ether oxygens (including phenoxy) is 1. The number of hydrogen-bond acceptors (Lipinski definition) is 6. The molecule has 6 nitrogen and oxygen atoms in total. The van der Waals surface area contributed by atoms with E-state index in [2.05, 4.69) is 27.8 Å². The molecule has 0 bridgehead atoms. The van der Waals surface area contributed by atoms with Crippen LogP contribution in [0.5, 0.6) is 0 Å². The number of aromatic nitrogens is 1. The van der Waals surface area contributed by atoms with E-state index in [1.165, 1.54) is 17.4 Å². The molecule has 1 N–H and O–H groups in total. The minimum absolute atomic E-state index is 0.0674. The second kappa shape index (κ2) is 8.85. The van der Waals surface area contributed by atoms with Crippen LogP contribution < -0.4 is 5.32 Å². The molecule has 2 aromatic heterocycles. The number of carbonyl (C=O) groups is 2. The molecule has 3 heterocycles. The number of anilines is 1. The van der Waals surface area contributed by atoms with Crippen LogP contribution in [0, 0.1) is 0 Å². The lowest BCUT2D eigenvalue weighted by molar-refractivity contribution is -0.111. The molecule has 2 atom stereocenters. The van der Waals surface area contributed by atoms with Crippen LogP contribution in [0.25, 0.3) is 20.8 Å². The van der Waals surface area contributed by atoms with Crippen LogP contribution in [-0.2, 0) is 16.0 Å². The molecule has 1 aliphatic rings. The van der Waals surface area contributed by atoms with Crippen molar-refractivity contribution < 1.29 is 14.3 Å². The third kappa shape index (κ3) is 4.72. The van der Waals surface area contributed by atoms with Crippen LogP contribution in [-0.4, -0.2) is 33.5 Å². The van der Waals surface area contributed by atoms with Gasteiger partial charge in [0.05, 0.1) is 16.3 Å². The van der Waals surface area contributed by atoms with Gasteiger partial charge in [0.1, 0.15) is 15.6 Å². The maximum atomic E-state index is 13.0. The van der Waals surface area contributed by atoms with E-state index in [1.54, 1.807) is 16.2 Å². The van der Waals surface area contributed by atoms with Crippen LogP contribution in [0.4, 0.5) is 9.80 Å². The SMILES string of the molecule is C=CC(=O)Nc1sc2c(c1-c1nc3cc(Br)ccc3s1)CC(C)N(C(=O)OC(C)(C)C)C2C. The number of thiazole rings is 1. The minimum Gasteiger partial charge on any atom is -0.444 e. The molecule has 3 aromatic rings. The highest BCUT2D eigenvalue weighted by molar-refractivity contribution is 9.10. The van der Waals surface area contributed by atoms with Gasteiger partial charge in [-0.25, -0.2) is 9.78 Å². The Balaban J connectivity index is 1.83. The van der Waals surface area contributed by atoms with Gasteiger partial charge in [-0.05, 0) is 70.9 Å². The second-order valence-corrected chi connectivity index (χ2v) is 12.1. The second-order valence-electron chi connectivity index (χ2n) is 9.09. The highest BCUT2D eigenvalue weighted by atomic mass is 79.9. The van der Waals surface area contributed by atoms with E-state index in [-0.39, 0.29) is 24.1 Å². The van der Waals surface area contributed by atoms with Crippen LogP contribution in [0.2, 0.25) is 0 Å². The van der Waals surface area contributed by atoms with Crippen molar-refractivity contribution in [1.29, 1.82) is 0 Å². The van der Waals surface area contributed by atoms with E-state index in [0.717, 1.165) is 40.7 Å². The summed E-state index contributed by atoms with van der Waals surface area (Å²) in [7, 11) is 0. The average molecular weight is 549 g/mol. The van der Waals surface area contributed by atoms with Gasteiger partial charge in [0.2, 0.25) is 5.91 Å². The van der Waals surface area contributed by atoms with Gasteiger partial charge in [0, 0.05) is 21.0 Å². The van der Waals surface area contributed by atoms with E-state index in [0.29, 0.717) is 6.42 Å². The van der Waals surface area contributed by atoms with Gasteiger partial charge in [-0.1, -0.05) is 22.5 Å². The number of rotatable bonds is 3. The van der Waals surface area contributed by atoms with Gasteiger partial charge >= 0.3 is 6.09 Å². The fourth-order valence-electron chi connectivity index (χ4n) is 4.06. The number of thiophene rings is 1. The number of nitrogens with one attached hydrogen (secondary N) is 1. The summed E-state index contributed by atoms with van der Waals surface area (Å²) in [6, 6.07) is 5.77. The lowest BCUT2D eigenvalue weighted by Crippen LogP contribution is -2.46. The van der Waals surface area contributed by atoms with E-state index in [9.17, 15) is 9.59 Å². The molecule has 0 saturated carbocycles. The van der Waals surface area contributed by atoms with Crippen LogP contribution >= 0.6 is 38.6 Å². The summed E-state index contributed by atoms with van der Waals surface area (Å²) < 4.78 is 7.72. The van der Waals surface area contributed by atoms with Crippen molar-refractivity contribution in [2.45, 2.75) is 58.7 Å². The summed E-state index contributed by atoms with van der Waals surface area (Å²) in [5.41, 5.74) is 2.38. The third-order valence-electron chi connectivity index (χ3n) is 5.40. The third-order valence-corrected chi connectivity index (χ3v) is 8.26. The summed E-state index contributed by atoms with van der Waals surface area (Å²) in [5, 5.41) is 4.56. The predicted octanol–water partition coefficient (Wildman–Crippen LogP) is 7.15. The fourth-order valence-corrected chi connectivity index (χ4v) is 6.79. The number of benzene rings is 1. The van der Waals surface area contributed by atoms with Crippen molar-refractivity contribution in [1.82, 2.24) is 9.88 Å². The number of hydrogen-bond donors (Lipinski definition) is 1. The van der Waals surface area contributed by atoms with Gasteiger partial charge in [-0.15, -0.1) is 22.7 Å². The molecular formula is C24H26BrN3O3S2. The highest BCUT2D eigenvalue weighted by Crippen LogP contribution is 2.50. The van der Waals surface area contributed by atoms with Crippen LogP contribution in [0.3, 0.4) is 0 Å². The first-order valence-corrected chi connectivity index (χ1v) is 13.1. The first kappa shape index (κ1) is 23.9. The number of halogens is 1. The summed E-state index contributed by atoms with van der Waals surface area (Å²) in [6.07, 6.45) is 1.58. The summed E-state index contributed by atoms with van der Waals surface area (Å²) in [4.78, 5) is 32.9. The number of amides is 2. The minimum atomic E-state index is -0.574. The molecule has 0 saturated heterocycles. The Morgan fingerprint density at radius 2 is 2.03 bits per heavy atom. The fraction of sp³-hybridized carbons (Fsp3) is 0.375. The van der Waals surface area contributed by atoms with E-state index in [1.807, 2.05) is 52.8 Å². The molecule has 2 amide bonds. The maximum Gasteiger partial charge on any atom is 0.411 e. The normalized spacial score (nSPS) is 18.2. The quantitative estimate of drug-likeness (QED) is 0.353. The van der Waals surface area contributed by atoms with Crippen LogP contribution in [0.15, 0.2) is 35.3 Å². The summed E-state index contributed by atoms with van der Waals surface area (Å²) >= 11 is 6.60. The van der Waals surface area contributed by atoms with E-state index in [4.69, 9.17) is 9.72 Å². The topological polar surface area (TPSA) is 71.5 Å². The van der Waals surface area contributed by atoms with Crippen molar-refractivity contribution in [3.63, 3.8) is 0 Å². The number of carbonyl (C=O) groups excluding carboxylic acids is 2. The van der Waals surface area contributed by atoms with Gasteiger partial charge < -0.3 is 10.1 Å². The smallest absolute Gasteiger partial charge is 0.411 e. The van der Waals surface area contributed by atoms with E-state index < -0.39 is 5.60 Å². The lowest BCUT2D eigenvalue weighted by atomic mass is 9.93. The van der Waals surface area contributed by atoms with Crippen LogP contribution in [0.1, 0.15) is 51.1 Å². The molecule has 1 aliphatic heterocycles. The molecule has 0 spiro atoms. The number of fused-ring (bicyclic) bond motifs is 2. The zero-order valence-electron chi connectivity index (χ0n) is 19.2. The highest BCUT2D eigenvalue weighted by Gasteiger charge is 2.39. The lowest BCUT2D eigenvalue weighted by Gasteiger charge is -2.39. The first-order chi connectivity index (χ1) is 15.5. The number of nitrogens with zero attached hydrogens (tertiary/aromatic N) is 2. The first-order valence-electron chi connectivity index (χ1n) is 10.6. The Morgan fingerprint density at radius 3 is 2.70 bits per heavy atom. The molecule has 9 heteroatoms. The molecule has 174 valence electrons. The van der Waals surface area contributed by atoms with Crippen molar-refractivity contribution in [3.8, 4) is 10.6 Å². The van der Waals surface area contributed by atoms with Crippen molar-refractivity contribution in [3.05, 3.63) is 45.8 Å². The molecule has 1 aromatic carbocycles. The van der Waals surface area contributed by atoms with Crippen molar-refractivity contribution in [2.75, 3.05) is 5.32 Å². The Hall–Kier alpha value is -2.23. The van der Waals surface area contributed by atoms with Gasteiger partial charge in [0.15, 0.2) is 0 Å². The summed E-state index contributed by atoms with van der Waals surface area (Å²) in [6.45, 7) is 13.2. The average Bonchev–Trinajstić information content (AvgIpc) is 3.26. The standard InChI is InChI=1S/C24H26BrN3O3S2/c1-7-18(29)27-22-19(21-26-16-11-14(25)8-9-17(16)32-21)15-10-12(2)28(13(3)20(15)33-22)23(30)31-24(4,5)6/h7-9,11-13H,1,10H2,2-6H3,(H,27,29). The maximum absolute atomic E-state index is 13.0. The molecule has 4 rings (SSSR count). The molecule has 2 unspecified atom stereocenters.